The van der Waals surface area contributed by atoms with Crippen LogP contribution in [0.4, 0.5) is 0 Å². The Hall–Kier alpha value is -2.61. The smallest absolute Gasteiger partial charge is 0.377 e. The van der Waals surface area contributed by atoms with Gasteiger partial charge in [0.25, 0.3) is 0 Å². The lowest BCUT2D eigenvalue weighted by Crippen LogP contribution is -2.17. The fourth-order valence-corrected chi connectivity index (χ4v) is 9.19. The Morgan fingerprint density at radius 2 is 1.00 bits per heavy atom. The largest absolute Gasteiger partial charge is 0.497 e. The van der Waals surface area contributed by atoms with E-state index < -0.39 is 24.7 Å². The monoisotopic (exact) mass is 668 g/mol. The Bertz CT molecular complexity index is 1270. The Morgan fingerprint density at radius 3 is 1.48 bits per heavy atom. The molecule has 3 atom stereocenters. The number of benzene rings is 3. The molecule has 3 aromatic carbocycles. The first-order valence-corrected chi connectivity index (χ1v) is 18.2. The van der Waals surface area contributed by atoms with Crippen molar-refractivity contribution in [3.05, 3.63) is 72.8 Å². The highest BCUT2D eigenvalue weighted by Crippen LogP contribution is 2.62. The maximum atomic E-state index is 6.60. The molecule has 11 nitrogen and oxygen atoms in total. The van der Waals surface area contributed by atoms with E-state index in [2.05, 4.69) is 4.86 Å². The van der Waals surface area contributed by atoms with Crippen LogP contribution in [0.1, 0.15) is 40.0 Å². The van der Waals surface area contributed by atoms with Gasteiger partial charge in [-0.05, 0) is 92.1 Å². The van der Waals surface area contributed by atoms with E-state index in [4.69, 9.17) is 45.9 Å². The van der Waals surface area contributed by atoms with Crippen LogP contribution in [0.25, 0.3) is 0 Å². The second-order valence-electron chi connectivity index (χ2n) is 9.00. The Kier molecular flexibility index (Phi) is 16.1. The van der Waals surface area contributed by atoms with Crippen LogP contribution in [-0.4, -0.2) is 41.2 Å². The molecule has 242 valence electrons. The highest BCUT2D eigenvalue weighted by molar-refractivity contribution is 7.70. The van der Waals surface area contributed by atoms with Crippen molar-refractivity contribution >= 4 is 24.7 Å². The first-order valence-electron chi connectivity index (χ1n) is 14.3. The zero-order valence-electron chi connectivity index (χ0n) is 26.1. The third-order valence-electron chi connectivity index (χ3n) is 5.47. The average molecular weight is 669 g/mol. The van der Waals surface area contributed by atoms with E-state index in [1.807, 2.05) is 57.2 Å². The van der Waals surface area contributed by atoms with Gasteiger partial charge in [0, 0.05) is 0 Å². The standard InChI is InChI=1S/C30H43N2O9P3/c1-7-22-36-42(39-28-16-10-25(33-4)11-17-28)31-44(38-24-9-3,41-30-20-14-27(35-6)15-21-30)32-43(37-23-8-2)40-29-18-12-26(34-5)13-19-29/h10-21,31H,7-9,22-24H2,1-6H3. The van der Waals surface area contributed by atoms with Crippen molar-refractivity contribution in [1.82, 2.24) is 4.86 Å². The minimum absolute atomic E-state index is 0.347. The minimum Gasteiger partial charge on any atom is -0.497 e. The molecule has 0 bridgehead atoms. The maximum Gasteiger partial charge on any atom is 0.377 e. The second kappa shape index (κ2) is 19.7. The normalized spacial score (nSPS) is 13.7. The van der Waals surface area contributed by atoms with Gasteiger partial charge < -0.3 is 41.4 Å². The fourth-order valence-electron chi connectivity index (χ4n) is 3.28. The van der Waals surface area contributed by atoms with Crippen LogP contribution in [0, 0.1) is 0 Å². The van der Waals surface area contributed by atoms with Crippen molar-refractivity contribution in [3.8, 4) is 34.5 Å². The van der Waals surface area contributed by atoms with Crippen LogP contribution < -0.4 is 32.6 Å². The van der Waals surface area contributed by atoms with Crippen molar-refractivity contribution in [2.24, 2.45) is 4.52 Å². The van der Waals surface area contributed by atoms with Gasteiger partial charge >= 0.3 is 24.7 Å². The molecule has 0 spiro atoms. The number of nitrogens with zero attached hydrogens (tertiary/aromatic N) is 1. The predicted octanol–water partition coefficient (Wildman–Crippen LogP) is 9.52. The van der Waals surface area contributed by atoms with Gasteiger partial charge in [0.2, 0.25) is 0 Å². The molecule has 0 saturated heterocycles. The minimum atomic E-state index is -3.41. The summed E-state index contributed by atoms with van der Waals surface area (Å²) in [4.78, 5) is 3.40. The first kappa shape index (κ1) is 35.9. The molecule has 0 fully saturated rings. The molecule has 3 aromatic rings. The lowest BCUT2D eigenvalue weighted by Gasteiger charge is -2.29. The summed E-state index contributed by atoms with van der Waals surface area (Å²) in [5.41, 5.74) is 0. The SMILES string of the molecule is CCCOP(N=P(NP(OCCC)Oc1ccc(OC)cc1)(OCCC)Oc1ccc(OC)cc1)Oc1ccc(OC)cc1. The highest BCUT2D eigenvalue weighted by atomic mass is 31.3. The quantitative estimate of drug-likeness (QED) is 0.110. The van der Waals surface area contributed by atoms with Crippen molar-refractivity contribution in [2.75, 3.05) is 41.2 Å². The summed E-state index contributed by atoms with van der Waals surface area (Å²) < 4.78 is 58.9. The van der Waals surface area contributed by atoms with Crippen molar-refractivity contribution in [2.45, 2.75) is 40.0 Å². The van der Waals surface area contributed by atoms with E-state index in [-0.39, 0.29) is 0 Å². The molecule has 0 heterocycles. The Morgan fingerprint density at radius 1 is 0.568 bits per heavy atom. The number of hydrogen-bond acceptors (Lipinski definition) is 10. The third kappa shape index (κ3) is 12.1. The molecule has 0 aliphatic rings. The third-order valence-corrected chi connectivity index (χ3v) is 11.2. The van der Waals surface area contributed by atoms with Crippen molar-refractivity contribution < 1.29 is 41.4 Å². The lowest BCUT2D eigenvalue weighted by atomic mass is 10.3. The van der Waals surface area contributed by atoms with Gasteiger partial charge in [-0.3, -0.25) is 0 Å². The number of methoxy groups -OCH3 is 3. The average Bonchev–Trinajstić information content (AvgIpc) is 3.06. The summed E-state index contributed by atoms with van der Waals surface area (Å²) in [6.07, 6.45) is 2.25. The summed E-state index contributed by atoms with van der Waals surface area (Å²) in [6.45, 7) is 7.26. The van der Waals surface area contributed by atoms with E-state index in [1.54, 1.807) is 57.7 Å². The summed E-state index contributed by atoms with van der Waals surface area (Å²) in [5.74, 6) is 3.76. The molecule has 0 saturated carbocycles. The molecule has 3 unspecified atom stereocenters. The van der Waals surface area contributed by atoms with Crippen LogP contribution in [0.15, 0.2) is 77.3 Å². The Labute approximate surface area is 263 Å². The molecule has 1 N–H and O–H groups in total. The zero-order valence-corrected chi connectivity index (χ0v) is 28.8. The molecular formula is C30H43N2O9P3. The molecule has 0 aliphatic carbocycles. The number of nitrogens with one attached hydrogen (secondary N) is 1. The number of ether oxygens (including phenoxy) is 3. The molecule has 0 aromatic heterocycles. The van der Waals surface area contributed by atoms with E-state index in [9.17, 15) is 0 Å². The van der Waals surface area contributed by atoms with E-state index in [1.165, 1.54) is 0 Å². The molecular weight excluding hydrogens is 625 g/mol. The van der Waals surface area contributed by atoms with Crippen molar-refractivity contribution in [1.29, 1.82) is 0 Å². The molecule has 0 amide bonds. The molecule has 0 radical (unpaired) electrons. The predicted molar refractivity (Wildman–Crippen MR) is 176 cm³/mol. The topological polar surface area (TPSA) is 107 Å². The van der Waals surface area contributed by atoms with E-state index in [0.717, 1.165) is 12.8 Å². The highest BCUT2D eigenvalue weighted by Gasteiger charge is 2.34. The fraction of sp³-hybridized carbons (Fsp3) is 0.400. The lowest BCUT2D eigenvalue weighted by molar-refractivity contribution is 0.285. The van der Waals surface area contributed by atoms with Crippen molar-refractivity contribution in [3.63, 3.8) is 0 Å². The number of hydrogen-bond donors (Lipinski definition) is 1. The summed E-state index contributed by atoms with van der Waals surface area (Å²) in [7, 11) is -2.28. The van der Waals surface area contributed by atoms with Crippen LogP contribution >= 0.6 is 24.7 Å². The van der Waals surface area contributed by atoms with Gasteiger partial charge in [-0.1, -0.05) is 20.8 Å². The molecule has 0 aliphatic heterocycles. The second-order valence-corrected chi connectivity index (χ2v) is 13.9. The summed E-state index contributed by atoms with van der Waals surface area (Å²) in [5, 5.41) is 0. The van der Waals surface area contributed by atoms with Crippen LogP contribution in [0.5, 0.6) is 34.5 Å². The molecule has 3 rings (SSSR count). The zero-order chi connectivity index (χ0) is 31.6. The maximum absolute atomic E-state index is 6.60. The van der Waals surface area contributed by atoms with Crippen LogP contribution in [-0.2, 0) is 13.6 Å². The molecule has 14 heteroatoms. The summed E-state index contributed by atoms with van der Waals surface area (Å²) in [6, 6.07) is 21.7. The Balaban J connectivity index is 2.07. The van der Waals surface area contributed by atoms with Gasteiger partial charge in [-0.25, -0.2) is 0 Å². The van der Waals surface area contributed by atoms with Gasteiger partial charge in [-0.2, -0.15) is 0 Å². The molecule has 44 heavy (non-hydrogen) atoms. The van der Waals surface area contributed by atoms with Crippen LogP contribution in [0.2, 0.25) is 0 Å². The van der Waals surface area contributed by atoms with Gasteiger partial charge in [-0.15, -0.1) is 9.37 Å². The van der Waals surface area contributed by atoms with Gasteiger partial charge in [0.1, 0.15) is 34.5 Å². The van der Waals surface area contributed by atoms with E-state index >= 15 is 0 Å². The number of rotatable bonds is 21. The van der Waals surface area contributed by atoms with Gasteiger partial charge in [0.15, 0.2) is 0 Å². The first-order chi connectivity index (χ1) is 21.5. The van der Waals surface area contributed by atoms with E-state index in [0.29, 0.717) is 60.7 Å². The van der Waals surface area contributed by atoms with Gasteiger partial charge in [0.05, 0.1) is 41.2 Å². The summed E-state index contributed by atoms with van der Waals surface area (Å²) >= 11 is 0. The van der Waals surface area contributed by atoms with Crippen LogP contribution in [0.3, 0.4) is 0 Å².